The first-order valence-corrected chi connectivity index (χ1v) is 9.81. The van der Waals surface area contributed by atoms with Crippen molar-refractivity contribution in [2.24, 2.45) is 16.3 Å². The molecule has 2 rings (SSSR count). The summed E-state index contributed by atoms with van der Waals surface area (Å²) in [5, 5.41) is 6.54. The van der Waals surface area contributed by atoms with Gasteiger partial charge in [0.05, 0.1) is 0 Å². The van der Waals surface area contributed by atoms with Crippen LogP contribution in [0.2, 0.25) is 0 Å². The number of rotatable bonds is 8. The van der Waals surface area contributed by atoms with E-state index in [9.17, 15) is 9.59 Å². The lowest BCUT2D eigenvalue weighted by atomic mass is 9.64. The van der Waals surface area contributed by atoms with Crippen molar-refractivity contribution in [1.29, 1.82) is 0 Å². The van der Waals surface area contributed by atoms with E-state index in [1.54, 1.807) is 0 Å². The van der Waals surface area contributed by atoms with Gasteiger partial charge in [0.2, 0.25) is 11.8 Å². The Morgan fingerprint density at radius 1 is 1.15 bits per heavy atom. The molecule has 1 saturated heterocycles. The molecule has 1 aliphatic carbocycles. The van der Waals surface area contributed by atoms with Gasteiger partial charge < -0.3 is 10.6 Å². The average molecular weight is 478 g/mol. The van der Waals surface area contributed by atoms with Crippen molar-refractivity contribution in [1.82, 2.24) is 15.5 Å². The first-order valence-electron chi connectivity index (χ1n) is 9.81. The van der Waals surface area contributed by atoms with Crippen LogP contribution in [0.15, 0.2) is 4.99 Å². The van der Waals surface area contributed by atoms with Crippen molar-refractivity contribution in [2.45, 2.75) is 65.7 Å². The van der Waals surface area contributed by atoms with Crippen molar-refractivity contribution >= 4 is 41.8 Å². The van der Waals surface area contributed by atoms with Crippen molar-refractivity contribution in [2.75, 3.05) is 26.2 Å². The molecule has 0 spiro atoms. The lowest BCUT2D eigenvalue weighted by Crippen LogP contribution is -2.47. The zero-order chi connectivity index (χ0) is 18.3. The summed E-state index contributed by atoms with van der Waals surface area (Å²) in [5.74, 6) is 1.38. The standard InChI is InChI=1S/C19H34N4O2.HI/c1-4-20-18(22-14-19(9-6-10-19)13-15(2)3)21-11-12-23-16(24)7-5-8-17(23)25;/h15H,4-14H2,1-3H3,(H2,20,21,22);1H. The molecule has 1 aliphatic heterocycles. The monoisotopic (exact) mass is 478 g/mol. The zero-order valence-corrected chi connectivity index (χ0v) is 18.8. The minimum absolute atomic E-state index is 0. The zero-order valence-electron chi connectivity index (χ0n) is 16.5. The van der Waals surface area contributed by atoms with E-state index >= 15 is 0 Å². The Hall–Kier alpha value is -0.860. The molecule has 6 nitrogen and oxygen atoms in total. The summed E-state index contributed by atoms with van der Waals surface area (Å²) >= 11 is 0. The number of guanidine groups is 1. The van der Waals surface area contributed by atoms with Crippen LogP contribution >= 0.6 is 24.0 Å². The van der Waals surface area contributed by atoms with Crippen LogP contribution in [-0.4, -0.2) is 48.9 Å². The van der Waals surface area contributed by atoms with Gasteiger partial charge >= 0.3 is 0 Å². The van der Waals surface area contributed by atoms with Gasteiger partial charge in [-0.05, 0) is 43.9 Å². The van der Waals surface area contributed by atoms with Crippen molar-refractivity contribution in [3.05, 3.63) is 0 Å². The summed E-state index contributed by atoms with van der Waals surface area (Å²) in [6.07, 6.45) is 6.73. The molecule has 2 N–H and O–H groups in total. The largest absolute Gasteiger partial charge is 0.357 e. The molecule has 26 heavy (non-hydrogen) atoms. The Labute approximate surface area is 175 Å². The molecule has 2 fully saturated rings. The van der Waals surface area contributed by atoms with Crippen LogP contribution in [0.3, 0.4) is 0 Å². The number of aliphatic imine (C=N–C) groups is 1. The molecule has 1 saturated carbocycles. The number of amides is 2. The quantitative estimate of drug-likeness (QED) is 0.244. The molecular weight excluding hydrogens is 443 g/mol. The normalized spacial score (nSPS) is 19.8. The number of halogens is 1. The summed E-state index contributed by atoms with van der Waals surface area (Å²) < 4.78 is 0. The molecule has 7 heteroatoms. The molecule has 1 heterocycles. The highest BCUT2D eigenvalue weighted by Crippen LogP contribution is 2.46. The van der Waals surface area contributed by atoms with Crippen molar-refractivity contribution < 1.29 is 9.59 Å². The lowest BCUT2D eigenvalue weighted by molar-refractivity contribution is -0.147. The van der Waals surface area contributed by atoms with Crippen LogP contribution in [0.4, 0.5) is 0 Å². The van der Waals surface area contributed by atoms with Crippen LogP contribution in [-0.2, 0) is 9.59 Å². The summed E-state index contributed by atoms with van der Waals surface area (Å²) in [7, 11) is 0. The Bertz CT molecular complexity index is 488. The fourth-order valence-electron chi connectivity index (χ4n) is 3.89. The molecule has 150 valence electrons. The second-order valence-corrected chi connectivity index (χ2v) is 7.87. The first kappa shape index (κ1) is 23.2. The lowest BCUT2D eigenvalue weighted by Gasteiger charge is -2.42. The fraction of sp³-hybridized carbons (Fsp3) is 0.842. The van der Waals surface area contributed by atoms with Gasteiger partial charge in [0.15, 0.2) is 5.96 Å². The molecule has 0 aromatic heterocycles. The Balaban J connectivity index is 0.00000338. The number of likely N-dealkylation sites (tertiary alicyclic amines) is 1. The second kappa shape index (κ2) is 11.1. The Morgan fingerprint density at radius 2 is 1.81 bits per heavy atom. The number of piperidine rings is 1. The van der Waals surface area contributed by atoms with Crippen LogP contribution in [0.5, 0.6) is 0 Å². The summed E-state index contributed by atoms with van der Waals surface area (Å²) in [6.45, 7) is 9.20. The highest BCUT2D eigenvalue weighted by Gasteiger charge is 2.37. The maximum absolute atomic E-state index is 11.8. The number of nitrogens with one attached hydrogen (secondary N) is 2. The minimum atomic E-state index is -0.0506. The van der Waals surface area contributed by atoms with E-state index in [1.807, 2.05) is 6.92 Å². The topological polar surface area (TPSA) is 73.8 Å². The third kappa shape index (κ3) is 6.70. The molecule has 0 atom stereocenters. The van der Waals surface area contributed by atoms with Crippen molar-refractivity contribution in [3.8, 4) is 0 Å². The highest BCUT2D eigenvalue weighted by molar-refractivity contribution is 14.0. The van der Waals surface area contributed by atoms with Gasteiger partial charge in [-0.2, -0.15) is 0 Å². The minimum Gasteiger partial charge on any atom is -0.357 e. The maximum atomic E-state index is 11.8. The number of nitrogens with zero attached hydrogens (tertiary/aromatic N) is 2. The van der Waals surface area contributed by atoms with Gasteiger partial charge in [-0.25, -0.2) is 0 Å². The third-order valence-corrected chi connectivity index (χ3v) is 5.18. The van der Waals surface area contributed by atoms with E-state index in [1.165, 1.54) is 30.6 Å². The number of hydrogen-bond acceptors (Lipinski definition) is 3. The second-order valence-electron chi connectivity index (χ2n) is 7.87. The van der Waals surface area contributed by atoms with Crippen LogP contribution in [0.1, 0.15) is 65.7 Å². The first-order chi connectivity index (χ1) is 12.0. The molecule has 2 aliphatic rings. The van der Waals surface area contributed by atoms with Gasteiger partial charge in [-0.3, -0.25) is 19.5 Å². The van der Waals surface area contributed by atoms with E-state index in [0.29, 0.717) is 43.7 Å². The van der Waals surface area contributed by atoms with Crippen molar-refractivity contribution in [3.63, 3.8) is 0 Å². The number of imide groups is 1. The fourth-order valence-corrected chi connectivity index (χ4v) is 3.89. The SMILES string of the molecule is CCNC(=NCC1(CC(C)C)CCC1)NCCN1C(=O)CCCC1=O.I. The van der Waals surface area contributed by atoms with E-state index in [4.69, 9.17) is 4.99 Å². The number of hydrogen-bond donors (Lipinski definition) is 2. The van der Waals surface area contributed by atoms with Gasteiger partial charge in [0, 0.05) is 39.0 Å². The number of carbonyl (C=O) groups is 2. The maximum Gasteiger partial charge on any atom is 0.229 e. The van der Waals surface area contributed by atoms with Crippen LogP contribution in [0, 0.1) is 11.3 Å². The van der Waals surface area contributed by atoms with Gasteiger partial charge in [0.1, 0.15) is 0 Å². The predicted octanol–water partition coefficient (Wildman–Crippen LogP) is 2.92. The molecule has 0 aromatic carbocycles. The summed E-state index contributed by atoms with van der Waals surface area (Å²) in [4.78, 5) is 29.9. The predicted molar refractivity (Wildman–Crippen MR) is 116 cm³/mol. The molecular formula is C19H35IN4O2. The molecule has 0 unspecified atom stereocenters. The Morgan fingerprint density at radius 3 is 2.31 bits per heavy atom. The third-order valence-electron chi connectivity index (χ3n) is 5.18. The van der Waals surface area contributed by atoms with E-state index in [2.05, 4.69) is 24.5 Å². The number of carbonyl (C=O) groups excluding carboxylic acids is 2. The smallest absolute Gasteiger partial charge is 0.229 e. The van der Waals surface area contributed by atoms with Crippen LogP contribution < -0.4 is 10.6 Å². The summed E-state index contributed by atoms with van der Waals surface area (Å²) in [6, 6.07) is 0. The average Bonchev–Trinajstić information content (AvgIpc) is 2.52. The highest BCUT2D eigenvalue weighted by atomic mass is 127. The van der Waals surface area contributed by atoms with E-state index in [-0.39, 0.29) is 35.8 Å². The molecule has 0 radical (unpaired) electrons. The van der Waals surface area contributed by atoms with E-state index < -0.39 is 0 Å². The Kier molecular flexibility index (Phi) is 9.89. The van der Waals surface area contributed by atoms with E-state index in [0.717, 1.165) is 19.0 Å². The van der Waals surface area contributed by atoms with Gasteiger partial charge in [-0.1, -0.05) is 20.3 Å². The summed E-state index contributed by atoms with van der Waals surface area (Å²) in [5.41, 5.74) is 0.370. The molecule has 2 amide bonds. The molecule has 0 aromatic rings. The molecule has 0 bridgehead atoms. The van der Waals surface area contributed by atoms with Gasteiger partial charge in [0.25, 0.3) is 0 Å². The van der Waals surface area contributed by atoms with Gasteiger partial charge in [-0.15, -0.1) is 24.0 Å². The van der Waals surface area contributed by atoms with Crippen LogP contribution in [0.25, 0.3) is 0 Å².